The van der Waals surface area contributed by atoms with E-state index in [2.05, 4.69) is 23.6 Å². The molecule has 0 saturated carbocycles. The van der Waals surface area contributed by atoms with Gasteiger partial charge in [-0.25, -0.2) is 0 Å². The standard InChI is InChI=1S/C21H20ClNOS/c1-2-7-21(24)23(14-16-8-6-11-18(22)12-16)19-13-20(25-15-19)17-9-4-3-5-10-17/h3-6,8-13,15H,2,7,14H2,1H3. The van der Waals surface area contributed by atoms with Gasteiger partial charge in [0.25, 0.3) is 0 Å². The molecule has 2 aromatic carbocycles. The van der Waals surface area contributed by atoms with Crippen molar-refractivity contribution in [3.8, 4) is 10.4 Å². The first kappa shape index (κ1) is 17.7. The number of nitrogens with zero attached hydrogens (tertiary/aromatic N) is 1. The van der Waals surface area contributed by atoms with Gasteiger partial charge in [0.2, 0.25) is 5.91 Å². The summed E-state index contributed by atoms with van der Waals surface area (Å²) in [5.41, 5.74) is 3.15. The lowest BCUT2D eigenvalue weighted by Gasteiger charge is -2.21. The van der Waals surface area contributed by atoms with E-state index in [0.717, 1.165) is 22.5 Å². The van der Waals surface area contributed by atoms with Gasteiger partial charge in [-0.3, -0.25) is 4.79 Å². The minimum Gasteiger partial charge on any atom is -0.307 e. The highest BCUT2D eigenvalue weighted by Crippen LogP contribution is 2.33. The Bertz CT molecular complexity index is 844. The van der Waals surface area contributed by atoms with Crippen molar-refractivity contribution >= 4 is 34.5 Å². The minimum absolute atomic E-state index is 0.139. The molecule has 0 bridgehead atoms. The molecule has 0 aliphatic heterocycles. The molecule has 1 aromatic heterocycles. The Kier molecular flexibility index (Phi) is 5.90. The maximum Gasteiger partial charge on any atom is 0.227 e. The summed E-state index contributed by atoms with van der Waals surface area (Å²) in [5, 5.41) is 2.75. The third kappa shape index (κ3) is 4.50. The molecule has 1 heterocycles. The largest absolute Gasteiger partial charge is 0.307 e. The summed E-state index contributed by atoms with van der Waals surface area (Å²) in [6, 6.07) is 20.0. The summed E-state index contributed by atoms with van der Waals surface area (Å²) in [6.45, 7) is 2.56. The van der Waals surface area contributed by atoms with E-state index in [4.69, 9.17) is 11.6 Å². The zero-order chi connectivity index (χ0) is 17.6. The monoisotopic (exact) mass is 369 g/mol. The van der Waals surface area contributed by atoms with Crippen molar-refractivity contribution in [1.82, 2.24) is 0 Å². The van der Waals surface area contributed by atoms with Crippen LogP contribution in [-0.4, -0.2) is 5.91 Å². The Hall–Kier alpha value is -2.10. The van der Waals surface area contributed by atoms with Crippen molar-refractivity contribution in [3.05, 3.63) is 76.6 Å². The predicted molar refractivity (Wildman–Crippen MR) is 107 cm³/mol. The molecule has 2 nitrogen and oxygen atoms in total. The lowest BCUT2D eigenvalue weighted by atomic mass is 10.1. The van der Waals surface area contributed by atoms with E-state index >= 15 is 0 Å². The number of anilines is 1. The number of hydrogen-bond donors (Lipinski definition) is 0. The molecule has 128 valence electrons. The van der Waals surface area contributed by atoms with Crippen LogP contribution in [0.3, 0.4) is 0 Å². The van der Waals surface area contributed by atoms with E-state index in [1.54, 1.807) is 11.3 Å². The van der Waals surface area contributed by atoms with Gasteiger partial charge in [-0.2, -0.15) is 0 Å². The summed E-state index contributed by atoms with van der Waals surface area (Å²) >= 11 is 7.76. The third-order valence-corrected chi connectivity index (χ3v) is 5.15. The number of thiophene rings is 1. The summed E-state index contributed by atoms with van der Waals surface area (Å²) in [6.07, 6.45) is 1.37. The van der Waals surface area contributed by atoms with Crippen LogP contribution < -0.4 is 4.90 Å². The molecule has 1 amide bonds. The highest BCUT2D eigenvalue weighted by molar-refractivity contribution is 7.14. The first-order chi connectivity index (χ1) is 12.2. The van der Waals surface area contributed by atoms with E-state index in [-0.39, 0.29) is 5.91 Å². The maximum absolute atomic E-state index is 12.7. The number of benzene rings is 2. The molecule has 0 fully saturated rings. The quantitative estimate of drug-likeness (QED) is 0.492. The molecule has 0 spiro atoms. The van der Waals surface area contributed by atoms with Gasteiger partial charge in [0, 0.05) is 21.7 Å². The van der Waals surface area contributed by atoms with Crippen molar-refractivity contribution in [2.24, 2.45) is 0 Å². The van der Waals surface area contributed by atoms with Crippen LogP contribution in [0.1, 0.15) is 25.3 Å². The first-order valence-electron chi connectivity index (χ1n) is 8.36. The van der Waals surface area contributed by atoms with E-state index in [1.807, 2.05) is 54.3 Å². The number of amides is 1. The third-order valence-electron chi connectivity index (χ3n) is 3.95. The summed E-state index contributed by atoms with van der Waals surface area (Å²) in [5.74, 6) is 0.139. The Morgan fingerprint density at radius 1 is 1.08 bits per heavy atom. The van der Waals surface area contributed by atoms with Crippen molar-refractivity contribution in [1.29, 1.82) is 0 Å². The van der Waals surface area contributed by atoms with Crippen LogP contribution in [-0.2, 0) is 11.3 Å². The van der Waals surface area contributed by atoms with Crippen molar-refractivity contribution < 1.29 is 4.79 Å². The number of carbonyl (C=O) groups is 1. The second-order valence-electron chi connectivity index (χ2n) is 5.89. The van der Waals surface area contributed by atoms with Crippen molar-refractivity contribution in [2.45, 2.75) is 26.3 Å². The zero-order valence-electron chi connectivity index (χ0n) is 14.1. The Balaban J connectivity index is 1.89. The molecule has 0 radical (unpaired) electrons. The number of hydrogen-bond acceptors (Lipinski definition) is 2. The van der Waals surface area contributed by atoms with Gasteiger partial charge in [0.05, 0.1) is 12.2 Å². The lowest BCUT2D eigenvalue weighted by Crippen LogP contribution is -2.29. The van der Waals surface area contributed by atoms with Crippen LogP contribution in [0.5, 0.6) is 0 Å². The molecular weight excluding hydrogens is 350 g/mol. The Morgan fingerprint density at radius 3 is 2.60 bits per heavy atom. The minimum atomic E-state index is 0.139. The molecule has 0 atom stereocenters. The second kappa shape index (κ2) is 8.32. The zero-order valence-corrected chi connectivity index (χ0v) is 15.7. The average molecular weight is 370 g/mol. The second-order valence-corrected chi connectivity index (χ2v) is 7.24. The number of carbonyl (C=O) groups excluding carboxylic acids is 1. The molecule has 0 aliphatic rings. The summed E-state index contributed by atoms with van der Waals surface area (Å²) < 4.78 is 0. The molecule has 3 aromatic rings. The van der Waals surface area contributed by atoms with Gasteiger partial charge in [-0.15, -0.1) is 11.3 Å². The topological polar surface area (TPSA) is 20.3 Å². The van der Waals surface area contributed by atoms with Gasteiger partial charge in [0.15, 0.2) is 0 Å². The molecule has 3 rings (SSSR count). The van der Waals surface area contributed by atoms with E-state index in [1.165, 1.54) is 5.56 Å². The highest BCUT2D eigenvalue weighted by atomic mass is 35.5. The Labute approximate surface area is 157 Å². The Morgan fingerprint density at radius 2 is 1.88 bits per heavy atom. The molecule has 0 aliphatic carbocycles. The smallest absolute Gasteiger partial charge is 0.227 e. The fourth-order valence-corrected chi connectivity index (χ4v) is 3.83. The van der Waals surface area contributed by atoms with E-state index in [9.17, 15) is 4.79 Å². The van der Waals surface area contributed by atoms with Crippen molar-refractivity contribution in [3.63, 3.8) is 0 Å². The number of halogens is 1. The van der Waals surface area contributed by atoms with Gasteiger partial charge in [-0.1, -0.05) is 61.0 Å². The highest BCUT2D eigenvalue weighted by Gasteiger charge is 2.17. The van der Waals surface area contributed by atoms with Gasteiger partial charge < -0.3 is 4.90 Å². The molecule has 0 unspecified atom stereocenters. The summed E-state index contributed by atoms with van der Waals surface area (Å²) in [4.78, 5) is 15.7. The van der Waals surface area contributed by atoms with Gasteiger partial charge in [0.1, 0.15) is 0 Å². The summed E-state index contributed by atoms with van der Waals surface area (Å²) in [7, 11) is 0. The lowest BCUT2D eigenvalue weighted by molar-refractivity contribution is -0.118. The fourth-order valence-electron chi connectivity index (χ4n) is 2.71. The van der Waals surface area contributed by atoms with Crippen LogP contribution in [0.4, 0.5) is 5.69 Å². The van der Waals surface area contributed by atoms with Crippen LogP contribution in [0.25, 0.3) is 10.4 Å². The number of rotatable bonds is 6. The molecule has 0 N–H and O–H groups in total. The van der Waals surface area contributed by atoms with Crippen LogP contribution in [0, 0.1) is 0 Å². The van der Waals surface area contributed by atoms with Crippen molar-refractivity contribution in [2.75, 3.05) is 4.90 Å². The van der Waals surface area contributed by atoms with E-state index < -0.39 is 0 Å². The van der Waals surface area contributed by atoms with E-state index in [0.29, 0.717) is 18.0 Å². The van der Waals surface area contributed by atoms with Crippen LogP contribution >= 0.6 is 22.9 Å². The first-order valence-corrected chi connectivity index (χ1v) is 9.62. The van der Waals surface area contributed by atoms with Crippen LogP contribution in [0.2, 0.25) is 5.02 Å². The molecule has 25 heavy (non-hydrogen) atoms. The molecule has 0 saturated heterocycles. The van der Waals surface area contributed by atoms with Crippen LogP contribution in [0.15, 0.2) is 66.0 Å². The predicted octanol–water partition coefficient (Wildman–Crippen LogP) is 6.40. The van der Waals surface area contributed by atoms with Gasteiger partial charge >= 0.3 is 0 Å². The molecule has 4 heteroatoms. The van der Waals surface area contributed by atoms with Gasteiger partial charge in [-0.05, 0) is 35.7 Å². The fraction of sp³-hybridized carbons (Fsp3) is 0.190. The molecular formula is C21H20ClNOS. The normalized spacial score (nSPS) is 10.6. The SMILES string of the molecule is CCCC(=O)N(Cc1cccc(Cl)c1)c1csc(-c2ccccc2)c1. The maximum atomic E-state index is 12.7. The average Bonchev–Trinajstić information content (AvgIpc) is 3.10.